The Morgan fingerprint density at radius 1 is 1.00 bits per heavy atom. The molecule has 1 fully saturated rings. The van der Waals surface area contributed by atoms with E-state index in [1.807, 2.05) is 0 Å². The van der Waals surface area contributed by atoms with Crippen LogP contribution in [-0.2, 0) is 9.84 Å². The largest absolute Gasteiger partial charge is 0.322 e. The van der Waals surface area contributed by atoms with Crippen LogP contribution in [0.4, 0.5) is 23.2 Å². The first kappa shape index (κ1) is 21.6. The summed E-state index contributed by atoms with van der Waals surface area (Å²) in [6.45, 7) is 0. The normalized spacial score (nSPS) is 19.8. The molecule has 0 spiro atoms. The number of sulfone groups is 1. The van der Waals surface area contributed by atoms with Gasteiger partial charge in [-0.3, -0.25) is 4.79 Å². The Morgan fingerprint density at radius 2 is 1.59 bits per heavy atom. The van der Waals surface area contributed by atoms with Crippen LogP contribution in [0.25, 0.3) is 0 Å². The second-order valence-corrected chi connectivity index (χ2v) is 9.38. The van der Waals surface area contributed by atoms with E-state index in [1.54, 1.807) is 0 Å². The fourth-order valence-corrected chi connectivity index (χ4v) is 5.53. The molecule has 0 unspecified atom stereocenters. The average molecular weight is 450 g/mol. The molecule has 4 nitrogen and oxygen atoms in total. The van der Waals surface area contributed by atoms with Crippen LogP contribution in [0.2, 0.25) is 5.02 Å². The van der Waals surface area contributed by atoms with E-state index in [1.165, 1.54) is 12.1 Å². The van der Waals surface area contributed by atoms with Crippen molar-refractivity contribution in [3.8, 4) is 0 Å². The summed E-state index contributed by atoms with van der Waals surface area (Å²) < 4.78 is 78.8. The van der Waals surface area contributed by atoms with E-state index in [-0.39, 0.29) is 46.9 Å². The summed E-state index contributed by atoms with van der Waals surface area (Å²) in [5.41, 5.74) is -0.468. The number of halogens is 5. The Hall–Kier alpha value is -2.13. The number of benzene rings is 2. The second kappa shape index (κ2) is 8.31. The maximum atomic E-state index is 13.3. The highest BCUT2D eigenvalue weighted by atomic mass is 35.5. The third-order valence-electron chi connectivity index (χ3n) is 4.78. The van der Waals surface area contributed by atoms with E-state index in [0.29, 0.717) is 12.1 Å². The van der Waals surface area contributed by atoms with Gasteiger partial charge in [-0.25, -0.2) is 26.0 Å². The van der Waals surface area contributed by atoms with E-state index >= 15 is 0 Å². The second-order valence-electron chi connectivity index (χ2n) is 6.77. The predicted molar refractivity (Wildman–Crippen MR) is 100 cm³/mol. The summed E-state index contributed by atoms with van der Waals surface area (Å²) in [5.74, 6) is -5.51. The van der Waals surface area contributed by atoms with Gasteiger partial charge < -0.3 is 5.32 Å². The molecule has 1 N–H and O–H groups in total. The molecule has 10 heteroatoms. The van der Waals surface area contributed by atoms with Crippen LogP contribution in [0.1, 0.15) is 36.0 Å². The van der Waals surface area contributed by atoms with Gasteiger partial charge in [0.2, 0.25) is 0 Å². The zero-order chi connectivity index (χ0) is 21.3. The van der Waals surface area contributed by atoms with Crippen LogP contribution in [0.5, 0.6) is 0 Å². The van der Waals surface area contributed by atoms with Crippen molar-refractivity contribution in [2.75, 3.05) is 5.32 Å². The van der Waals surface area contributed by atoms with Gasteiger partial charge >= 0.3 is 0 Å². The first-order valence-electron chi connectivity index (χ1n) is 8.73. The number of hydrogen-bond acceptors (Lipinski definition) is 3. The van der Waals surface area contributed by atoms with Gasteiger partial charge in [0.1, 0.15) is 6.17 Å². The van der Waals surface area contributed by atoms with Gasteiger partial charge in [0.05, 0.1) is 15.2 Å². The number of rotatable bonds is 4. The number of hydrogen-bond donors (Lipinski definition) is 1. The molecule has 0 atom stereocenters. The lowest BCUT2D eigenvalue weighted by Gasteiger charge is -2.24. The minimum atomic E-state index is -3.91. The molecule has 3 rings (SSSR count). The zero-order valence-corrected chi connectivity index (χ0v) is 16.5. The third kappa shape index (κ3) is 4.56. The number of amides is 1. The molecule has 2 aromatic carbocycles. The van der Waals surface area contributed by atoms with Crippen LogP contribution in [-0.4, -0.2) is 25.7 Å². The smallest absolute Gasteiger partial charge is 0.255 e. The quantitative estimate of drug-likeness (QED) is 0.524. The van der Waals surface area contributed by atoms with Gasteiger partial charge in [0.15, 0.2) is 27.3 Å². The lowest BCUT2D eigenvalue weighted by Crippen LogP contribution is -2.28. The Labute approximate surface area is 169 Å². The van der Waals surface area contributed by atoms with E-state index in [0.717, 1.165) is 6.07 Å². The highest BCUT2D eigenvalue weighted by molar-refractivity contribution is 7.92. The van der Waals surface area contributed by atoms with E-state index in [4.69, 9.17) is 11.6 Å². The fourth-order valence-electron chi connectivity index (χ4n) is 3.21. The van der Waals surface area contributed by atoms with Gasteiger partial charge in [-0.2, -0.15) is 0 Å². The molecule has 1 aliphatic rings. The van der Waals surface area contributed by atoms with Crippen LogP contribution in [0.3, 0.4) is 0 Å². The third-order valence-corrected chi connectivity index (χ3v) is 7.53. The van der Waals surface area contributed by atoms with Crippen molar-refractivity contribution in [2.24, 2.45) is 0 Å². The fraction of sp³-hybridized carbons (Fsp3) is 0.316. The summed E-state index contributed by atoms with van der Waals surface area (Å²) in [4.78, 5) is 12.1. The maximum Gasteiger partial charge on any atom is 0.255 e. The van der Waals surface area contributed by atoms with Crippen molar-refractivity contribution in [1.82, 2.24) is 0 Å². The molecule has 29 heavy (non-hydrogen) atoms. The van der Waals surface area contributed by atoms with Gasteiger partial charge in [-0.15, -0.1) is 0 Å². The zero-order valence-electron chi connectivity index (χ0n) is 14.9. The van der Waals surface area contributed by atoms with Gasteiger partial charge in [-0.05, 0) is 43.9 Å². The molecule has 156 valence electrons. The lowest BCUT2D eigenvalue weighted by atomic mass is 9.98. The predicted octanol–water partition coefficient (Wildman–Crippen LogP) is 5.06. The molecule has 0 aliphatic heterocycles. The van der Waals surface area contributed by atoms with Gasteiger partial charge in [0, 0.05) is 23.4 Å². The van der Waals surface area contributed by atoms with Crippen molar-refractivity contribution in [3.05, 3.63) is 58.4 Å². The Balaban J connectivity index is 1.87. The van der Waals surface area contributed by atoms with Crippen LogP contribution >= 0.6 is 11.6 Å². The molecule has 0 saturated heterocycles. The SMILES string of the molecule is O=C(Nc1cc(F)c(F)c(F)c1)c1ccc(Cl)c(S(=O)(=O)[C@H]2CC[C@H](F)CC2)c1. The first-order valence-corrected chi connectivity index (χ1v) is 10.7. The number of alkyl halides is 1. The standard InChI is InChI=1S/C19H16ClF4NO3S/c20-14-6-1-10(19(26)25-12-8-15(22)18(24)16(23)9-12)7-17(14)29(27,28)13-4-2-11(21)3-5-13/h1,6-9,11,13H,2-5H2,(H,25,26)/t11-,13-. The lowest BCUT2D eigenvalue weighted by molar-refractivity contribution is 0.102. The van der Waals surface area contributed by atoms with Crippen molar-refractivity contribution in [2.45, 2.75) is 42.0 Å². The van der Waals surface area contributed by atoms with Gasteiger partial charge in [-0.1, -0.05) is 11.6 Å². The first-order chi connectivity index (χ1) is 13.6. The minimum Gasteiger partial charge on any atom is -0.322 e. The van der Waals surface area contributed by atoms with Crippen molar-refractivity contribution < 1.29 is 30.8 Å². The molecular formula is C19H16ClF4NO3S. The van der Waals surface area contributed by atoms with Crippen LogP contribution in [0, 0.1) is 17.5 Å². The van der Waals surface area contributed by atoms with E-state index in [2.05, 4.69) is 5.32 Å². The number of carbonyl (C=O) groups is 1. The summed E-state index contributed by atoms with van der Waals surface area (Å²) in [6.07, 6.45) is -0.493. The van der Waals surface area contributed by atoms with Crippen molar-refractivity contribution >= 4 is 33.0 Å². The molecule has 1 saturated carbocycles. The Morgan fingerprint density at radius 3 is 2.17 bits per heavy atom. The number of carbonyl (C=O) groups excluding carboxylic acids is 1. The van der Waals surface area contributed by atoms with E-state index in [9.17, 15) is 30.8 Å². The minimum absolute atomic E-state index is 0.0946. The molecular weight excluding hydrogens is 434 g/mol. The molecule has 1 amide bonds. The summed E-state index contributed by atoms with van der Waals surface area (Å²) >= 11 is 6.03. The monoisotopic (exact) mass is 449 g/mol. The summed E-state index contributed by atoms with van der Waals surface area (Å²) in [7, 11) is -3.91. The summed E-state index contributed by atoms with van der Waals surface area (Å²) in [5, 5.41) is 1.27. The highest BCUT2D eigenvalue weighted by Crippen LogP contribution is 2.33. The Kier molecular flexibility index (Phi) is 6.19. The molecule has 0 bridgehead atoms. The maximum absolute atomic E-state index is 13.3. The Bertz CT molecular complexity index is 1030. The molecule has 0 aromatic heterocycles. The summed E-state index contributed by atoms with van der Waals surface area (Å²) in [6, 6.07) is 4.71. The highest BCUT2D eigenvalue weighted by Gasteiger charge is 2.33. The molecule has 1 aliphatic carbocycles. The van der Waals surface area contributed by atoms with Crippen molar-refractivity contribution in [1.29, 1.82) is 0 Å². The van der Waals surface area contributed by atoms with Crippen molar-refractivity contribution in [3.63, 3.8) is 0 Å². The average Bonchev–Trinajstić information content (AvgIpc) is 2.66. The molecule has 0 heterocycles. The van der Waals surface area contributed by atoms with Crippen LogP contribution in [0.15, 0.2) is 35.2 Å². The van der Waals surface area contributed by atoms with E-state index < -0.39 is 44.6 Å². The number of nitrogens with one attached hydrogen (secondary N) is 1. The molecule has 0 radical (unpaired) electrons. The molecule has 2 aromatic rings. The number of anilines is 1. The van der Waals surface area contributed by atoms with Crippen LogP contribution < -0.4 is 5.32 Å². The topological polar surface area (TPSA) is 63.2 Å². The van der Waals surface area contributed by atoms with Gasteiger partial charge in [0.25, 0.3) is 5.91 Å².